The zero-order chi connectivity index (χ0) is 14.2. The SMILES string of the molecule is CCN(CCCc1cccc(N)c1)Cc1ccncc1. The Balaban J connectivity index is 1.79. The van der Waals surface area contributed by atoms with Crippen molar-refractivity contribution in [2.24, 2.45) is 0 Å². The minimum Gasteiger partial charge on any atom is -0.399 e. The Labute approximate surface area is 121 Å². The molecule has 1 aromatic heterocycles. The number of nitrogens with zero attached hydrogens (tertiary/aromatic N) is 2. The van der Waals surface area contributed by atoms with E-state index >= 15 is 0 Å². The lowest BCUT2D eigenvalue weighted by atomic mass is 10.1. The quantitative estimate of drug-likeness (QED) is 0.785. The standard InChI is InChI=1S/C17H23N3/c1-2-20(14-16-8-10-19-11-9-16)12-4-6-15-5-3-7-17(18)13-15/h3,5,7-11,13H,2,4,6,12,14,18H2,1H3. The number of aromatic nitrogens is 1. The van der Waals surface area contributed by atoms with Crippen molar-refractivity contribution in [1.82, 2.24) is 9.88 Å². The Hall–Kier alpha value is -1.87. The average Bonchev–Trinajstić information content (AvgIpc) is 2.47. The summed E-state index contributed by atoms with van der Waals surface area (Å²) in [7, 11) is 0. The van der Waals surface area contributed by atoms with Crippen LogP contribution in [0.1, 0.15) is 24.5 Å². The van der Waals surface area contributed by atoms with E-state index in [4.69, 9.17) is 5.73 Å². The lowest BCUT2D eigenvalue weighted by Gasteiger charge is -2.20. The van der Waals surface area contributed by atoms with E-state index in [0.29, 0.717) is 0 Å². The molecule has 0 amide bonds. The molecule has 0 aliphatic carbocycles. The van der Waals surface area contributed by atoms with Gasteiger partial charge >= 0.3 is 0 Å². The highest BCUT2D eigenvalue weighted by atomic mass is 15.1. The van der Waals surface area contributed by atoms with Gasteiger partial charge in [0.2, 0.25) is 0 Å². The van der Waals surface area contributed by atoms with Gasteiger partial charge in [-0.15, -0.1) is 0 Å². The van der Waals surface area contributed by atoms with Crippen molar-refractivity contribution in [1.29, 1.82) is 0 Å². The number of hydrogen-bond acceptors (Lipinski definition) is 3. The number of nitrogens with two attached hydrogens (primary N) is 1. The molecular weight excluding hydrogens is 246 g/mol. The van der Waals surface area contributed by atoms with Crippen molar-refractivity contribution in [2.75, 3.05) is 18.8 Å². The summed E-state index contributed by atoms with van der Waals surface area (Å²) in [5.41, 5.74) is 9.30. The van der Waals surface area contributed by atoms with Crippen LogP contribution in [0.4, 0.5) is 5.69 Å². The van der Waals surface area contributed by atoms with Crippen molar-refractivity contribution < 1.29 is 0 Å². The second-order valence-electron chi connectivity index (χ2n) is 5.07. The maximum absolute atomic E-state index is 5.80. The van der Waals surface area contributed by atoms with E-state index in [-0.39, 0.29) is 0 Å². The Morgan fingerprint density at radius 2 is 1.90 bits per heavy atom. The first-order chi connectivity index (χ1) is 9.78. The summed E-state index contributed by atoms with van der Waals surface area (Å²) in [6, 6.07) is 12.3. The van der Waals surface area contributed by atoms with Crippen LogP contribution in [0.15, 0.2) is 48.8 Å². The van der Waals surface area contributed by atoms with E-state index in [2.05, 4.69) is 41.1 Å². The lowest BCUT2D eigenvalue weighted by Crippen LogP contribution is -2.24. The molecule has 3 nitrogen and oxygen atoms in total. The van der Waals surface area contributed by atoms with Gasteiger partial charge in [-0.25, -0.2) is 0 Å². The van der Waals surface area contributed by atoms with E-state index in [1.165, 1.54) is 11.1 Å². The molecule has 2 rings (SSSR count). The number of pyridine rings is 1. The summed E-state index contributed by atoms with van der Waals surface area (Å²) in [6.45, 7) is 5.38. The molecule has 1 heterocycles. The topological polar surface area (TPSA) is 42.1 Å². The van der Waals surface area contributed by atoms with Crippen LogP contribution >= 0.6 is 0 Å². The third-order valence-electron chi connectivity index (χ3n) is 3.49. The summed E-state index contributed by atoms with van der Waals surface area (Å²) in [6.07, 6.45) is 5.95. The van der Waals surface area contributed by atoms with Crippen LogP contribution in [-0.4, -0.2) is 23.0 Å². The fourth-order valence-corrected chi connectivity index (χ4v) is 2.35. The van der Waals surface area contributed by atoms with E-state index in [9.17, 15) is 0 Å². The van der Waals surface area contributed by atoms with Crippen molar-refractivity contribution in [2.45, 2.75) is 26.3 Å². The molecule has 1 aromatic carbocycles. The molecule has 0 radical (unpaired) electrons. The fraction of sp³-hybridized carbons (Fsp3) is 0.353. The number of benzene rings is 1. The summed E-state index contributed by atoms with van der Waals surface area (Å²) in [5, 5.41) is 0. The lowest BCUT2D eigenvalue weighted by molar-refractivity contribution is 0.276. The Morgan fingerprint density at radius 3 is 2.60 bits per heavy atom. The van der Waals surface area contributed by atoms with Crippen molar-refractivity contribution in [3.63, 3.8) is 0 Å². The number of anilines is 1. The fourth-order valence-electron chi connectivity index (χ4n) is 2.35. The molecule has 0 bridgehead atoms. The highest BCUT2D eigenvalue weighted by molar-refractivity contribution is 5.40. The number of aryl methyl sites for hydroxylation is 1. The van der Waals surface area contributed by atoms with Crippen molar-refractivity contribution in [3.8, 4) is 0 Å². The van der Waals surface area contributed by atoms with Gasteiger partial charge in [0, 0.05) is 24.6 Å². The number of nitrogen functional groups attached to an aromatic ring is 1. The maximum Gasteiger partial charge on any atom is 0.0316 e. The molecule has 20 heavy (non-hydrogen) atoms. The zero-order valence-corrected chi connectivity index (χ0v) is 12.1. The van der Waals surface area contributed by atoms with Gasteiger partial charge in [0.15, 0.2) is 0 Å². The van der Waals surface area contributed by atoms with E-state index in [1.807, 2.05) is 24.5 Å². The molecule has 0 aliphatic heterocycles. The van der Waals surface area contributed by atoms with Crippen LogP contribution in [0, 0.1) is 0 Å². The summed E-state index contributed by atoms with van der Waals surface area (Å²) in [4.78, 5) is 6.52. The molecular formula is C17H23N3. The Kier molecular flexibility index (Phi) is 5.56. The van der Waals surface area contributed by atoms with Gasteiger partial charge in [-0.1, -0.05) is 19.1 Å². The van der Waals surface area contributed by atoms with E-state index in [1.54, 1.807) is 0 Å². The summed E-state index contributed by atoms with van der Waals surface area (Å²) >= 11 is 0. The van der Waals surface area contributed by atoms with Gasteiger partial charge in [0.25, 0.3) is 0 Å². The van der Waals surface area contributed by atoms with Gasteiger partial charge in [-0.05, 0) is 61.3 Å². The molecule has 0 atom stereocenters. The maximum atomic E-state index is 5.80. The van der Waals surface area contributed by atoms with Crippen LogP contribution in [0.3, 0.4) is 0 Å². The molecule has 0 aliphatic rings. The summed E-state index contributed by atoms with van der Waals surface area (Å²) in [5.74, 6) is 0. The predicted octanol–water partition coefficient (Wildman–Crippen LogP) is 3.12. The molecule has 0 saturated carbocycles. The van der Waals surface area contributed by atoms with Gasteiger partial charge in [0.1, 0.15) is 0 Å². The van der Waals surface area contributed by atoms with Gasteiger partial charge in [0.05, 0.1) is 0 Å². The minimum atomic E-state index is 0.853. The molecule has 0 unspecified atom stereocenters. The molecule has 2 aromatic rings. The molecule has 0 saturated heterocycles. The third kappa shape index (κ3) is 4.67. The van der Waals surface area contributed by atoms with Gasteiger partial charge < -0.3 is 5.73 Å². The first-order valence-electron chi connectivity index (χ1n) is 7.23. The second-order valence-corrected chi connectivity index (χ2v) is 5.07. The largest absolute Gasteiger partial charge is 0.399 e. The van der Waals surface area contributed by atoms with Crippen LogP contribution in [0.25, 0.3) is 0 Å². The monoisotopic (exact) mass is 269 g/mol. The number of hydrogen-bond donors (Lipinski definition) is 1. The molecule has 3 heteroatoms. The van der Waals surface area contributed by atoms with Gasteiger partial charge in [-0.3, -0.25) is 9.88 Å². The van der Waals surface area contributed by atoms with Crippen LogP contribution in [0.2, 0.25) is 0 Å². The first kappa shape index (κ1) is 14.5. The highest BCUT2D eigenvalue weighted by Crippen LogP contribution is 2.10. The average molecular weight is 269 g/mol. The molecule has 2 N–H and O–H groups in total. The van der Waals surface area contributed by atoms with E-state index < -0.39 is 0 Å². The van der Waals surface area contributed by atoms with Crippen molar-refractivity contribution in [3.05, 3.63) is 59.9 Å². The summed E-state index contributed by atoms with van der Waals surface area (Å²) < 4.78 is 0. The van der Waals surface area contributed by atoms with Crippen LogP contribution in [-0.2, 0) is 13.0 Å². The first-order valence-corrected chi connectivity index (χ1v) is 7.23. The van der Waals surface area contributed by atoms with Crippen molar-refractivity contribution >= 4 is 5.69 Å². The smallest absolute Gasteiger partial charge is 0.0316 e. The highest BCUT2D eigenvalue weighted by Gasteiger charge is 2.03. The molecule has 0 spiro atoms. The second kappa shape index (κ2) is 7.65. The normalized spacial score (nSPS) is 10.9. The Bertz CT molecular complexity index is 511. The molecule has 0 fully saturated rings. The van der Waals surface area contributed by atoms with Crippen LogP contribution < -0.4 is 5.73 Å². The third-order valence-corrected chi connectivity index (χ3v) is 3.49. The predicted molar refractivity (Wildman–Crippen MR) is 84.4 cm³/mol. The minimum absolute atomic E-state index is 0.853. The number of rotatable bonds is 7. The van der Waals surface area contributed by atoms with Gasteiger partial charge in [-0.2, -0.15) is 0 Å². The van der Waals surface area contributed by atoms with Crippen LogP contribution in [0.5, 0.6) is 0 Å². The van der Waals surface area contributed by atoms with E-state index in [0.717, 1.165) is 38.2 Å². The zero-order valence-electron chi connectivity index (χ0n) is 12.1. The Morgan fingerprint density at radius 1 is 1.10 bits per heavy atom. The molecule has 106 valence electrons.